The van der Waals surface area contributed by atoms with Crippen molar-refractivity contribution in [3.8, 4) is 0 Å². The average molecular weight is 476 g/mol. The van der Waals surface area contributed by atoms with Crippen molar-refractivity contribution in [2.24, 2.45) is 0 Å². The number of thiophene rings is 1. The van der Waals surface area contributed by atoms with E-state index in [1.165, 1.54) is 54.2 Å². The molecule has 1 saturated heterocycles. The van der Waals surface area contributed by atoms with Gasteiger partial charge >= 0.3 is 6.09 Å². The maximum atomic E-state index is 12.7. The van der Waals surface area contributed by atoms with Crippen LogP contribution in [0.1, 0.15) is 90.5 Å². The summed E-state index contributed by atoms with van der Waals surface area (Å²) in [6.45, 7) is 12.3. The number of ether oxygens (including phenoxy) is 3. The van der Waals surface area contributed by atoms with Crippen LogP contribution in [-0.4, -0.2) is 30.7 Å². The molecule has 1 aromatic carbocycles. The maximum Gasteiger partial charge on any atom is 0.408 e. The van der Waals surface area contributed by atoms with E-state index in [1.807, 2.05) is 34.6 Å². The molecule has 3 rings (SSSR count). The molecule has 184 valence electrons. The van der Waals surface area contributed by atoms with Gasteiger partial charge in [-0.25, -0.2) is 4.79 Å². The van der Waals surface area contributed by atoms with E-state index in [0.29, 0.717) is 13.2 Å². The Hall–Kier alpha value is -1.63. The minimum absolute atomic E-state index is 0.330. The minimum Gasteiger partial charge on any atom is -0.444 e. The van der Waals surface area contributed by atoms with Gasteiger partial charge in [-0.3, -0.25) is 0 Å². The second-order valence-corrected chi connectivity index (χ2v) is 11.8. The highest BCUT2D eigenvalue weighted by Crippen LogP contribution is 2.38. The van der Waals surface area contributed by atoms with Crippen LogP contribution in [0.15, 0.2) is 24.3 Å². The molecule has 6 heteroatoms. The zero-order valence-electron chi connectivity index (χ0n) is 21.2. The summed E-state index contributed by atoms with van der Waals surface area (Å²) in [5.74, 6) is -0.680. The average Bonchev–Trinajstić information content (AvgIpc) is 3.15. The first-order valence-electron chi connectivity index (χ1n) is 12.3. The molecule has 1 aromatic heterocycles. The molecule has 2 aromatic rings. The summed E-state index contributed by atoms with van der Waals surface area (Å²) in [4.78, 5) is 13.7. The summed E-state index contributed by atoms with van der Waals surface area (Å²) in [6, 6.07) is 8.90. The fourth-order valence-electron chi connectivity index (χ4n) is 4.05. The molecule has 1 N–H and O–H groups in total. The Balaban J connectivity index is 1.76. The number of unbranched alkanes of at least 4 members (excludes halogenated alkanes) is 5. The van der Waals surface area contributed by atoms with Crippen LogP contribution >= 0.6 is 11.3 Å². The maximum absolute atomic E-state index is 12.7. The Morgan fingerprint density at radius 1 is 1.06 bits per heavy atom. The largest absolute Gasteiger partial charge is 0.444 e. The lowest BCUT2D eigenvalue weighted by molar-refractivity contribution is -0.272. The molecule has 0 spiro atoms. The molecule has 0 bridgehead atoms. The van der Waals surface area contributed by atoms with Crippen molar-refractivity contribution >= 4 is 27.5 Å². The molecule has 0 aliphatic carbocycles. The van der Waals surface area contributed by atoms with Gasteiger partial charge in [-0.2, -0.15) is 0 Å². The number of hydrogen-bond donors (Lipinski definition) is 1. The van der Waals surface area contributed by atoms with Crippen molar-refractivity contribution in [1.29, 1.82) is 0 Å². The van der Waals surface area contributed by atoms with Gasteiger partial charge in [0.2, 0.25) is 0 Å². The molecule has 0 saturated carbocycles. The van der Waals surface area contributed by atoms with E-state index in [4.69, 9.17) is 14.2 Å². The number of carbonyl (C=O) groups is 1. The van der Waals surface area contributed by atoms with Gasteiger partial charge in [0.15, 0.2) is 5.79 Å². The van der Waals surface area contributed by atoms with Crippen molar-refractivity contribution in [2.45, 2.75) is 103 Å². The Bertz CT molecular complexity index is 918. The van der Waals surface area contributed by atoms with Crippen molar-refractivity contribution in [1.82, 2.24) is 5.32 Å². The first-order chi connectivity index (χ1) is 15.5. The highest BCUT2D eigenvalue weighted by atomic mass is 32.1. The van der Waals surface area contributed by atoms with Gasteiger partial charge in [-0.15, -0.1) is 11.3 Å². The summed E-state index contributed by atoms with van der Waals surface area (Å²) in [6.07, 6.45) is 8.46. The van der Waals surface area contributed by atoms with Crippen molar-refractivity contribution in [3.63, 3.8) is 0 Å². The van der Waals surface area contributed by atoms with Crippen molar-refractivity contribution in [2.75, 3.05) is 13.2 Å². The van der Waals surface area contributed by atoms with Crippen LogP contribution in [0, 0.1) is 0 Å². The predicted molar refractivity (Wildman–Crippen MR) is 136 cm³/mol. The molecule has 1 aliphatic heterocycles. The first-order valence-corrected chi connectivity index (χ1v) is 13.2. The SMILES string of the molecule is CCCCCCCCc1ccc2sc(C3(NC(=O)OC(C)(C)C)COC(C)(C)OC3)cc2c1. The number of fused-ring (bicyclic) bond motifs is 1. The molecule has 1 fully saturated rings. The number of benzene rings is 1. The Morgan fingerprint density at radius 3 is 2.39 bits per heavy atom. The zero-order valence-corrected chi connectivity index (χ0v) is 22.0. The molecule has 0 radical (unpaired) electrons. The van der Waals surface area contributed by atoms with Crippen LogP contribution in [0.5, 0.6) is 0 Å². The fraction of sp³-hybridized carbons (Fsp3) is 0.667. The fourth-order valence-corrected chi connectivity index (χ4v) is 5.20. The number of alkyl carbamates (subject to hydrolysis) is 1. The summed E-state index contributed by atoms with van der Waals surface area (Å²) in [7, 11) is 0. The number of nitrogens with one attached hydrogen (secondary N) is 1. The summed E-state index contributed by atoms with van der Waals surface area (Å²) >= 11 is 1.68. The van der Waals surface area contributed by atoms with E-state index in [-0.39, 0.29) is 0 Å². The predicted octanol–water partition coefficient (Wildman–Crippen LogP) is 7.31. The molecule has 0 unspecified atom stereocenters. The smallest absolute Gasteiger partial charge is 0.408 e. The summed E-state index contributed by atoms with van der Waals surface area (Å²) < 4.78 is 18.7. The van der Waals surface area contributed by atoms with Gasteiger partial charge in [0.05, 0.1) is 13.2 Å². The van der Waals surface area contributed by atoms with E-state index < -0.39 is 23.0 Å². The van der Waals surface area contributed by atoms with Crippen LogP contribution in [-0.2, 0) is 26.2 Å². The lowest BCUT2D eigenvalue weighted by atomic mass is 9.97. The Morgan fingerprint density at radius 2 is 1.73 bits per heavy atom. The number of rotatable bonds is 9. The molecule has 33 heavy (non-hydrogen) atoms. The number of carbonyl (C=O) groups excluding carboxylic acids is 1. The van der Waals surface area contributed by atoms with Gasteiger partial charge in [0.1, 0.15) is 11.1 Å². The third kappa shape index (κ3) is 7.43. The van der Waals surface area contributed by atoms with Crippen LogP contribution in [0.4, 0.5) is 4.79 Å². The highest BCUT2D eigenvalue weighted by molar-refractivity contribution is 7.19. The lowest BCUT2D eigenvalue weighted by Gasteiger charge is -2.43. The first kappa shape index (κ1) is 26.0. The van der Waals surface area contributed by atoms with Gasteiger partial charge in [0, 0.05) is 9.58 Å². The van der Waals surface area contributed by atoms with Crippen LogP contribution < -0.4 is 5.32 Å². The van der Waals surface area contributed by atoms with Gasteiger partial charge in [0.25, 0.3) is 0 Å². The number of amides is 1. The number of aryl methyl sites for hydroxylation is 1. The van der Waals surface area contributed by atoms with E-state index in [1.54, 1.807) is 11.3 Å². The Labute approximate surface area is 203 Å². The summed E-state index contributed by atoms with van der Waals surface area (Å²) in [5.41, 5.74) is 0.0156. The second kappa shape index (κ2) is 10.7. The summed E-state index contributed by atoms with van der Waals surface area (Å²) in [5, 5.41) is 4.28. The van der Waals surface area contributed by atoms with E-state index in [0.717, 1.165) is 11.3 Å². The van der Waals surface area contributed by atoms with Gasteiger partial charge in [-0.1, -0.05) is 51.2 Å². The third-order valence-corrected chi connectivity index (χ3v) is 7.26. The van der Waals surface area contributed by atoms with Gasteiger partial charge in [-0.05, 0) is 70.5 Å². The molecular formula is C27H41NO4S. The Kier molecular flexibility index (Phi) is 8.46. The molecule has 1 aliphatic rings. The molecule has 0 atom stereocenters. The number of hydrogen-bond acceptors (Lipinski definition) is 5. The second-order valence-electron chi connectivity index (χ2n) is 10.7. The minimum atomic E-state index is -0.777. The van der Waals surface area contributed by atoms with Crippen LogP contribution in [0.25, 0.3) is 10.1 Å². The molecule has 1 amide bonds. The van der Waals surface area contributed by atoms with E-state index >= 15 is 0 Å². The normalized spacial score (nSPS) is 17.8. The molecule has 2 heterocycles. The molecule has 5 nitrogen and oxygen atoms in total. The van der Waals surface area contributed by atoms with Gasteiger partial charge < -0.3 is 19.5 Å². The van der Waals surface area contributed by atoms with Crippen LogP contribution in [0.3, 0.4) is 0 Å². The zero-order chi connectivity index (χ0) is 24.1. The van der Waals surface area contributed by atoms with Crippen LogP contribution in [0.2, 0.25) is 0 Å². The standard InChI is InChI=1S/C27H41NO4S/c1-7-8-9-10-11-12-13-20-14-15-22-21(16-20)17-23(33-22)27(18-30-26(5,6)31-19-27)28-24(29)32-25(2,3)4/h14-17H,7-13,18-19H2,1-6H3,(H,28,29). The van der Waals surface area contributed by atoms with Crippen molar-refractivity contribution < 1.29 is 19.0 Å². The molecular weight excluding hydrogens is 434 g/mol. The van der Waals surface area contributed by atoms with E-state index in [2.05, 4.69) is 36.5 Å². The highest BCUT2D eigenvalue weighted by Gasteiger charge is 2.44. The van der Waals surface area contributed by atoms with E-state index in [9.17, 15) is 4.79 Å². The third-order valence-electron chi connectivity index (χ3n) is 5.94. The van der Waals surface area contributed by atoms with Crippen molar-refractivity contribution in [3.05, 3.63) is 34.7 Å². The lowest BCUT2D eigenvalue weighted by Crippen LogP contribution is -2.59. The topological polar surface area (TPSA) is 56.8 Å². The monoisotopic (exact) mass is 475 g/mol. The quantitative estimate of drug-likeness (QED) is 0.386.